The first-order valence-electron chi connectivity index (χ1n) is 9.79. The fourth-order valence-electron chi connectivity index (χ4n) is 3.84. The minimum absolute atomic E-state index is 0.0701. The molecular formula is C22H22Cl2N2O5. The van der Waals surface area contributed by atoms with Crippen LogP contribution in [0.2, 0.25) is 10.0 Å². The number of halogens is 2. The van der Waals surface area contributed by atoms with Gasteiger partial charge in [-0.3, -0.25) is 9.59 Å². The largest absolute Gasteiger partial charge is 0.481 e. The lowest BCUT2D eigenvalue weighted by molar-refractivity contribution is -0.139. The van der Waals surface area contributed by atoms with Crippen molar-refractivity contribution in [3.05, 3.63) is 69.7 Å². The molecule has 0 bridgehead atoms. The van der Waals surface area contributed by atoms with Crippen LogP contribution in [-0.2, 0) is 4.79 Å². The number of aliphatic carboxylic acids is 1. The molecule has 2 atom stereocenters. The van der Waals surface area contributed by atoms with Crippen molar-refractivity contribution >= 4 is 41.2 Å². The van der Waals surface area contributed by atoms with Crippen LogP contribution in [0, 0.1) is 0 Å². The summed E-state index contributed by atoms with van der Waals surface area (Å²) in [4.78, 5) is 39.6. The van der Waals surface area contributed by atoms with Gasteiger partial charge in [0.1, 0.15) is 0 Å². The van der Waals surface area contributed by atoms with Gasteiger partial charge in [-0.15, -0.1) is 0 Å². The van der Waals surface area contributed by atoms with E-state index in [4.69, 9.17) is 23.2 Å². The van der Waals surface area contributed by atoms with Gasteiger partial charge in [-0.2, -0.15) is 0 Å². The van der Waals surface area contributed by atoms with Gasteiger partial charge in [0.2, 0.25) is 0 Å². The smallest absolute Gasteiger partial charge is 0.407 e. The molecule has 2 aromatic rings. The molecule has 1 saturated heterocycles. The van der Waals surface area contributed by atoms with Crippen molar-refractivity contribution in [2.24, 2.45) is 0 Å². The molecule has 0 aromatic heterocycles. The molecule has 1 aliphatic heterocycles. The Labute approximate surface area is 189 Å². The van der Waals surface area contributed by atoms with Gasteiger partial charge in [0.25, 0.3) is 5.91 Å². The van der Waals surface area contributed by atoms with E-state index in [1.54, 1.807) is 30.3 Å². The summed E-state index contributed by atoms with van der Waals surface area (Å²) in [5, 5.41) is 19.8. The zero-order chi connectivity index (χ0) is 22.5. The first-order valence-corrected chi connectivity index (χ1v) is 10.5. The summed E-state index contributed by atoms with van der Waals surface area (Å²) in [6, 6.07) is 12.7. The number of benzene rings is 2. The topological polar surface area (TPSA) is 98.2 Å². The third-order valence-electron chi connectivity index (χ3n) is 5.41. The second-order valence-electron chi connectivity index (χ2n) is 7.41. The number of amides is 2. The molecule has 0 aliphatic carbocycles. The van der Waals surface area contributed by atoms with Crippen LogP contribution in [0.5, 0.6) is 0 Å². The van der Waals surface area contributed by atoms with Crippen LogP contribution in [0.25, 0.3) is 0 Å². The molecule has 3 rings (SSSR count). The molecule has 9 heteroatoms. The van der Waals surface area contributed by atoms with Gasteiger partial charge in [0, 0.05) is 24.7 Å². The van der Waals surface area contributed by atoms with Crippen molar-refractivity contribution in [1.29, 1.82) is 0 Å². The predicted molar refractivity (Wildman–Crippen MR) is 117 cm³/mol. The predicted octanol–water partition coefficient (Wildman–Crippen LogP) is 4.45. The summed E-state index contributed by atoms with van der Waals surface area (Å²) < 4.78 is 0. The Kier molecular flexibility index (Phi) is 7.41. The average molecular weight is 465 g/mol. The first kappa shape index (κ1) is 22.9. The zero-order valence-corrected chi connectivity index (χ0v) is 18.1. The maximum absolute atomic E-state index is 13.4. The molecule has 0 radical (unpaired) electrons. The maximum Gasteiger partial charge on any atom is 0.407 e. The first-order chi connectivity index (χ1) is 14.8. The molecule has 1 heterocycles. The number of carboxylic acid groups (broad SMARTS) is 2. The molecule has 7 nitrogen and oxygen atoms in total. The number of hydrogen-bond donors (Lipinski definition) is 2. The van der Waals surface area contributed by atoms with Gasteiger partial charge in [-0.1, -0.05) is 53.5 Å². The van der Waals surface area contributed by atoms with Crippen LogP contribution in [0.4, 0.5) is 4.79 Å². The minimum Gasteiger partial charge on any atom is -0.481 e. The number of carbonyl (C=O) groups excluding carboxylic acids is 1. The van der Waals surface area contributed by atoms with Crippen LogP contribution in [-0.4, -0.2) is 63.7 Å². The quantitative estimate of drug-likeness (QED) is 0.630. The van der Waals surface area contributed by atoms with E-state index >= 15 is 0 Å². The van der Waals surface area contributed by atoms with Crippen molar-refractivity contribution < 1.29 is 24.6 Å². The maximum atomic E-state index is 13.4. The van der Waals surface area contributed by atoms with Crippen molar-refractivity contribution in [2.75, 3.05) is 19.6 Å². The number of carbonyl (C=O) groups is 3. The molecule has 2 amide bonds. The number of carboxylic acids is 1. The van der Waals surface area contributed by atoms with Crippen LogP contribution in [0.3, 0.4) is 0 Å². The molecule has 0 saturated carbocycles. The van der Waals surface area contributed by atoms with E-state index in [0.29, 0.717) is 30.0 Å². The Morgan fingerprint density at radius 1 is 1.10 bits per heavy atom. The highest BCUT2D eigenvalue weighted by molar-refractivity contribution is 6.36. The highest BCUT2D eigenvalue weighted by Crippen LogP contribution is 2.26. The Morgan fingerprint density at radius 2 is 1.81 bits per heavy atom. The van der Waals surface area contributed by atoms with Crippen LogP contribution < -0.4 is 0 Å². The highest BCUT2D eigenvalue weighted by atomic mass is 35.5. The van der Waals surface area contributed by atoms with E-state index in [1.807, 2.05) is 0 Å². The van der Waals surface area contributed by atoms with Gasteiger partial charge in [-0.25, -0.2) is 4.79 Å². The Bertz CT molecular complexity index is 970. The summed E-state index contributed by atoms with van der Waals surface area (Å²) in [5.41, 5.74) is 0.736. The Morgan fingerprint density at radius 3 is 2.42 bits per heavy atom. The number of nitrogens with zero attached hydrogens (tertiary/aromatic N) is 2. The third kappa shape index (κ3) is 5.48. The standard InChI is InChI=1S/C22H22Cl2N2O5/c23-15-8-9-17(19(24)11-15)20(27)25(12-16-7-4-10-26(16)22(30)31)13-18(21(28)29)14-5-2-1-3-6-14/h1-3,5-6,8-9,11,16,18H,4,7,10,12-13H2,(H,28,29)(H,30,31). The second kappa shape index (κ2) is 10.0. The number of rotatable bonds is 7. The summed E-state index contributed by atoms with van der Waals surface area (Å²) in [6.45, 7) is 0.326. The van der Waals surface area contributed by atoms with E-state index < -0.39 is 29.9 Å². The monoisotopic (exact) mass is 464 g/mol. The van der Waals surface area contributed by atoms with Gasteiger partial charge in [-0.05, 0) is 36.6 Å². The normalized spacial score (nSPS) is 16.7. The summed E-state index contributed by atoms with van der Waals surface area (Å²) in [5.74, 6) is -2.52. The van der Waals surface area contributed by atoms with E-state index in [9.17, 15) is 24.6 Å². The molecular weight excluding hydrogens is 443 g/mol. The van der Waals surface area contributed by atoms with Gasteiger partial charge >= 0.3 is 12.1 Å². The molecule has 2 unspecified atom stereocenters. The number of likely N-dealkylation sites (tertiary alicyclic amines) is 1. The van der Waals surface area contributed by atoms with Gasteiger partial charge < -0.3 is 20.0 Å². The van der Waals surface area contributed by atoms with Crippen molar-refractivity contribution in [2.45, 2.75) is 24.8 Å². The Hall–Kier alpha value is -2.77. The molecule has 1 aliphatic rings. The lowest BCUT2D eigenvalue weighted by atomic mass is 9.98. The summed E-state index contributed by atoms with van der Waals surface area (Å²) >= 11 is 12.2. The third-order valence-corrected chi connectivity index (χ3v) is 5.95. The van der Waals surface area contributed by atoms with Gasteiger partial charge in [0.05, 0.1) is 22.5 Å². The molecule has 164 valence electrons. The van der Waals surface area contributed by atoms with Crippen LogP contribution in [0.1, 0.15) is 34.7 Å². The van der Waals surface area contributed by atoms with Crippen molar-refractivity contribution in [3.63, 3.8) is 0 Å². The van der Waals surface area contributed by atoms with Crippen molar-refractivity contribution in [3.8, 4) is 0 Å². The fourth-order valence-corrected chi connectivity index (χ4v) is 4.33. The summed E-state index contributed by atoms with van der Waals surface area (Å²) in [6.07, 6.45) is 0.215. The highest BCUT2D eigenvalue weighted by Gasteiger charge is 2.34. The molecule has 0 spiro atoms. The zero-order valence-electron chi connectivity index (χ0n) is 16.6. The molecule has 2 N–H and O–H groups in total. The lowest BCUT2D eigenvalue weighted by Gasteiger charge is -2.31. The van der Waals surface area contributed by atoms with Crippen LogP contribution >= 0.6 is 23.2 Å². The molecule has 1 fully saturated rings. The number of hydrogen-bond acceptors (Lipinski definition) is 3. The lowest BCUT2D eigenvalue weighted by Crippen LogP contribution is -2.46. The van der Waals surface area contributed by atoms with E-state index in [0.717, 1.165) is 0 Å². The van der Waals surface area contributed by atoms with Crippen LogP contribution in [0.15, 0.2) is 48.5 Å². The van der Waals surface area contributed by atoms with E-state index in [1.165, 1.54) is 28.0 Å². The van der Waals surface area contributed by atoms with E-state index in [-0.39, 0.29) is 23.7 Å². The summed E-state index contributed by atoms with van der Waals surface area (Å²) in [7, 11) is 0. The average Bonchev–Trinajstić information content (AvgIpc) is 3.19. The molecule has 31 heavy (non-hydrogen) atoms. The SMILES string of the molecule is O=C(O)C(CN(CC1CCCN1C(=O)O)C(=O)c1ccc(Cl)cc1Cl)c1ccccc1. The Balaban J connectivity index is 1.94. The van der Waals surface area contributed by atoms with Gasteiger partial charge in [0.15, 0.2) is 0 Å². The minimum atomic E-state index is -1.08. The van der Waals surface area contributed by atoms with Crippen molar-refractivity contribution in [1.82, 2.24) is 9.80 Å². The molecule has 2 aromatic carbocycles. The fraction of sp³-hybridized carbons (Fsp3) is 0.318. The van der Waals surface area contributed by atoms with E-state index in [2.05, 4.69) is 0 Å². The second-order valence-corrected chi connectivity index (χ2v) is 8.25.